The number of hydrogen-bond donors (Lipinski definition) is 1. The van der Waals surface area contributed by atoms with E-state index in [-0.39, 0.29) is 0 Å². The Kier molecular flexibility index (Phi) is 2.52. The second-order valence-electron chi connectivity index (χ2n) is 2.93. The first-order valence-electron chi connectivity index (χ1n) is 4.30. The van der Waals surface area contributed by atoms with Gasteiger partial charge < -0.3 is 5.73 Å². The maximum Gasteiger partial charge on any atom is 0.0691 e. The fourth-order valence-electron chi connectivity index (χ4n) is 1.35. The van der Waals surface area contributed by atoms with Gasteiger partial charge in [0.2, 0.25) is 0 Å². The Labute approximate surface area is 87.1 Å². The SMILES string of the molecule is NCc1cc(Cl)ccc1-n1cccn1. The largest absolute Gasteiger partial charge is 0.326 e. The van der Waals surface area contributed by atoms with E-state index in [1.54, 1.807) is 10.9 Å². The summed E-state index contributed by atoms with van der Waals surface area (Å²) in [5.41, 5.74) is 7.59. The van der Waals surface area contributed by atoms with Crippen LogP contribution in [0.4, 0.5) is 0 Å². The molecule has 0 saturated heterocycles. The minimum atomic E-state index is 0.454. The monoisotopic (exact) mass is 207 g/mol. The summed E-state index contributed by atoms with van der Waals surface area (Å²) >= 11 is 5.87. The molecule has 0 aliphatic rings. The lowest BCUT2D eigenvalue weighted by Gasteiger charge is -2.07. The number of aromatic nitrogens is 2. The summed E-state index contributed by atoms with van der Waals surface area (Å²) < 4.78 is 1.78. The van der Waals surface area contributed by atoms with Gasteiger partial charge in [0.05, 0.1) is 5.69 Å². The zero-order valence-corrected chi connectivity index (χ0v) is 8.28. The first kappa shape index (κ1) is 9.24. The van der Waals surface area contributed by atoms with E-state index in [1.165, 1.54) is 0 Å². The molecule has 1 heterocycles. The Bertz CT molecular complexity index is 423. The van der Waals surface area contributed by atoms with Gasteiger partial charge in [0, 0.05) is 24.0 Å². The molecule has 0 atom stereocenters. The molecule has 14 heavy (non-hydrogen) atoms. The van der Waals surface area contributed by atoms with Crippen LogP contribution < -0.4 is 5.73 Å². The summed E-state index contributed by atoms with van der Waals surface area (Å²) in [5, 5.41) is 4.84. The quantitative estimate of drug-likeness (QED) is 0.819. The standard InChI is InChI=1S/C10H10ClN3/c11-9-2-3-10(8(6-9)7-12)14-5-1-4-13-14/h1-6H,7,12H2. The van der Waals surface area contributed by atoms with Gasteiger partial charge in [0.25, 0.3) is 0 Å². The number of nitrogens with two attached hydrogens (primary N) is 1. The lowest BCUT2D eigenvalue weighted by molar-refractivity contribution is 0.858. The molecular formula is C10H10ClN3. The number of rotatable bonds is 2. The van der Waals surface area contributed by atoms with E-state index in [0.29, 0.717) is 11.6 Å². The topological polar surface area (TPSA) is 43.8 Å². The van der Waals surface area contributed by atoms with E-state index < -0.39 is 0 Å². The van der Waals surface area contributed by atoms with Crippen molar-refractivity contribution in [1.29, 1.82) is 0 Å². The highest BCUT2D eigenvalue weighted by atomic mass is 35.5. The van der Waals surface area contributed by atoms with E-state index in [1.807, 2.05) is 30.5 Å². The van der Waals surface area contributed by atoms with E-state index in [4.69, 9.17) is 17.3 Å². The van der Waals surface area contributed by atoms with Gasteiger partial charge in [-0.05, 0) is 29.8 Å². The third kappa shape index (κ3) is 1.64. The summed E-state index contributed by atoms with van der Waals surface area (Å²) in [6.45, 7) is 0.454. The molecule has 1 aromatic heterocycles. The zero-order chi connectivity index (χ0) is 9.97. The van der Waals surface area contributed by atoms with Gasteiger partial charge in [-0.3, -0.25) is 0 Å². The van der Waals surface area contributed by atoms with Crippen LogP contribution >= 0.6 is 11.6 Å². The molecule has 1 aromatic carbocycles. The summed E-state index contributed by atoms with van der Waals surface area (Å²) in [6, 6.07) is 7.47. The van der Waals surface area contributed by atoms with Gasteiger partial charge in [-0.15, -0.1) is 0 Å². The first-order valence-corrected chi connectivity index (χ1v) is 4.67. The number of hydrogen-bond acceptors (Lipinski definition) is 2. The van der Waals surface area contributed by atoms with E-state index in [0.717, 1.165) is 11.3 Å². The van der Waals surface area contributed by atoms with Gasteiger partial charge in [0.1, 0.15) is 0 Å². The molecule has 2 rings (SSSR count). The van der Waals surface area contributed by atoms with Crippen LogP contribution in [-0.4, -0.2) is 9.78 Å². The number of nitrogens with zero attached hydrogens (tertiary/aromatic N) is 2. The zero-order valence-electron chi connectivity index (χ0n) is 7.52. The van der Waals surface area contributed by atoms with Gasteiger partial charge >= 0.3 is 0 Å². The van der Waals surface area contributed by atoms with E-state index in [2.05, 4.69) is 5.10 Å². The molecule has 0 spiro atoms. The van der Waals surface area contributed by atoms with Gasteiger partial charge in [0.15, 0.2) is 0 Å². The van der Waals surface area contributed by atoms with Gasteiger partial charge in [-0.2, -0.15) is 5.10 Å². The number of halogens is 1. The smallest absolute Gasteiger partial charge is 0.0691 e. The van der Waals surface area contributed by atoms with Crippen LogP contribution in [0.25, 0.3) is 5.69 Å². The molecule has 0 amide bonds. The van der Waals surface area contributed by atoms with Crippen molar-refractivity contribution in [1.82, 2.24) is 9.78 Å². The molecule has 0 aliphatic heterocycles. The van der Waals surface area contributed by atoms with Crippen LogP contribution in [0.15, 0.2) is 36.7 Å². The molecule has 3 nitrogen and oxygen atoms in total. The van der Waals surface area contributed by atoms with Crippen LogP contribution in [0, 0.1) is 0 Å². The van der Waals surface area contributed by atoms with Gasteiger partial charge in [-0.25, -0.2) is 4.68 Å². The van der Waals surface area contributed by atoms with Crippen molar-refractivity contribution in [2.24, 2.45) is 5.73 Å². The normalized spacial score (nSPS) is 10.4. The first-order chi connectivity index (χ1) is 6.81. The Morgan fingerprint density at radius 3 is 2.93 bits per heavy atom. The molecule has 2 N–H and O–H groups in total. The molecule has 0 radical (unpaired) electrons. The molecule has 0 aliphatic carbocycles. The molecule has 0 bridgehead atoms. The highest BCUT2D eigenvalue weighted by molar-refractivity contribution is 6.30. The van der Waals surface area contributed by atoms with Crippen LogP contribution in [0.1, 0.15) is 5.56 Å². The summed E-state index contributed by atoms with van der Waals surface area (Å²) in [7, 11) is 0. The van der Waals surface area contributed by atoms with Crippen molar-refractivity contribution in [2.75, 3.05) is 0 Å². The molecule has 2 aromatic rings. The summed E-state index contributed by atoms with van der Waals surface area (Å²) in [5.74, 6) is 0. The van der Waals surface area contributed by atoms with Crippen LogP contribution in [0.5, 0.6) is 0 Å². The average Bonchev–Trinajstić information content (AvgIpc) is 2.70. The maximum absolute atomic E-state index is 5.87. The summed E-state index contributed by atoms with van der Waals surface area (Å²) in [6.07, 6.45) is 3.61. The van der Waals surface area contributed by atoms with Crippen LogP contribution in [0.2, 0.25) is 5.02 Å². The Balaban J connectivity index is 2.53. The fraction of sp³-hybridized carbons (Fsp3) is 0.100. The number of benzene rings is 1. The predicted molar refractivity (Wildman–Crippen MR) is 56.5 cm³/mol. The van der Waals surface area contributed by atoms with Crippen LogP contribution in [-0.2, 0) is 6.54 Å². The summed E-state index contributed by atoms with van der Waals surface area (Å²) in [4.78, 5) is 0. The van der Waals surface area contributed by atoms with E-state index in [9.17, 15) is 0 Å². The average molecular weight is 208 g/mol. The predicted octanol–water partition coefficient (Wildman–Crippen LogP) is 1.98. The maximum atomic E-state index is 5.87. The molecule has 0 unspecified atom stereocenters. The third-order valence-corrected chi connectivity index (χ3v) is 2.25. The highest BCUT2D eigenvalue weighted by Crippen LogP contribution is 2.18. The third-order valence-electron chi connectivity index (χ3n) is 2.01. The highest BCUT2D eigenvalue weighted by Gasteiger charge is 2.03. The molecular weight excluding hydrogens is 198 g/mol. The minimum Gasteiger partial charge on any atom is -0.326 e. The Morgan fingerprint density at radius 2 is 2.29 bits per heavy atom. The molecule has 0 fully saturated rings. The Hall–Kier alpha value is -1.32. The van der Waals surface area contributed by atoms with Crippen molar-refractivity contribution in [3.63, 3.8) is 0 Å². The van der Waals surface area contributed by atoms with Gasteiger partial charge in [-0.1, -0.05) is 11.6 Å². The van der Waals surface area contributed by atoms with Crippen molar-refractivity contribution in [3.05, 3.63) is 47.2 Å². The lowest BCUT2D eigenvalue weighted by atomic mass is 10.2. The molecule has 0 saturated carbocycles. The van der Waals surface area contributed by atoms with Crippen molar-refractivity contribution in [2.45, 2.75) is 6.54 Å². The van der Waals surface area contributed by atoms with Crippen molar-refractivity contribution >= 4 is 11.6 Å². The Morgan fingerprint density at radius 1 is 1.43 bits per heavy atom. The lowest BCUT2D eigenvalue weighted by Crippen LogP contribution is -2.04. The van der Waals surface area contributed by atoms with Crippen LogP contribution in [0.3, 0.4) is 0 Å². The molecule has 72 valence electrons. The second-order valence-corrected chi connectivity index (χ2v) is 3.36. The fourth-order valence-corrected chi connectivity index (χ4v) is 1.55. The van der Waals surface area contributed by atoms with E-state index >= 15 is 0 Å². The second kappa shape index (κ2) is 3.82. The van der Waals surface area contributed by atoms with Crippen molar-refractivity contribution in [3.8, 4) is 5.69 Å². The van der Waals surface area contributed by atoms with Crippen molar-refractivity contribution < 1.29 is 0 Å². The molecule has 4 heteroatoms. The minimum absolute atomic E-state index is 0.454.